The van der Waals surface area contributed by atoms with Gasteiger partial charge in [0.15, 0.2) is 5.70 Å². The molecule has 0 bridgehead atoms. The summed E-state index contributed by atoms with van der Waals surface area (Å²) in [5.74, 6) is -0.228. The van der Waals surface area contributed by atoms with E-state index in [9.17, 15) is 14.9 Å². The van der Waals surface area contributed by atoms with Crippen molar-refractivity contribution < 1.29 is 14.5 Å². The fourth-order valence-electron chi connectivity index (χ4n) is 2.28. The number of esters is 1. The van der Waals surface area contributed by atoms with Gasteiger partial charge in [-0.05, 0) is 42.8 Å². The molecule has 25 heavy (non-hydrogen) atoms. The molecule has 1 aliphatic rings. The van der Waals surface area contributed by atoms with Crippen LogP contribution < -0.4 is 0 Å². The lowest BCUT2D eigenvalue weighted by atomic mass is 10.1. The average Bonchev–Trinajstić information content (AvgIpc) is 2.96. The maximum atomic E-state index is 11.9. The van der Waals surface area contributed by atoms with E-state index < -0.39 is 10.9 Å². The smallest absolute Gasteiger partial charge is 0.363 e. The van der Waals surface area contributed by atoms with Crippen LogP contribution in [0, 0.1) is 17.0 Å². The number of nitro groups is 1. The van der Waals surface area contributed by atoms with Gasteiger partial charge in [0.05, 0.1) is 4.92 Å². The van der Waals surface area contributed by atoms with Crippen molar-refractivity contribution in [2.24, 2.45) is 4.99 Å². The van der Waals surface area contributed by atoms with E-state index >= 15 is 0 Å². The van der Waals surface area contributed by atoms with Crippen LogP contribution in [0.15, 0.2) is 71.4 Å². The Bertz CT molecular complexity index is 925. The Labute approximate surface area is 143 Å². The van der Waals surface area contributed by atoms with Crippen LogP contribution in [0.3, 0.4) is 0 Å². The molecule has 0 aromatic heterocycles. The van der Waals surface area contributed by atoms with Crippen LogP contribution in [-0.2, 0) is 9.53 Å². The molecule has 0 fully saturated rings. The lowest BCUT2D eigenvalue weighted by Crippen LogP contribution is -2.05. The first-order valence-electron chi connectivity index (χ1n) is 7.54. The summed E-state index contributed by atoms with van der Waals surface area (Å²) in [6.45, 7) is 1.95. The molecule has 3 rings (SSSR count). The summed E-state index contributed by atoms with van der Waals surface area (Å²) in [6, 6.07) is 13.6. The van der Waals surface area contributed by atoms with Crippen molar-refractivity contribution >= 4 is 23.6 Å². The summed E-state index contributed by atoms with van der Waals surface area (Å²) in [5, 5.41) is 10.6. The molecule has 0 saturated carbocycles. The fraction of sp³-hybridized carbons (Fsp3) is 0.0526. The van der Waals surface area contributed by atoms with Crippen molar-refractivity contribution in [3.05, 3.63) is 93.2 Å². The van der Waals surface area contributed by atoms with E-state index in [0.29, 0.717) is 0 Å². The van der Waals surface area contributed by atoms with Crippen LogP contribution in [0.5, 0.6) is 0 Å². The quantitative estimate of drug-likeness (QED) is 0.368. The van der Waals surface area contributed by atoms with Gasteiger partial charge in [0.25, 0.3) is 5.69 Å². The number of carbonyl (C=O) groups is 1. The molecule has 0 N–H and O–H groups in total. The van der Waals surface area contributed by atoms with Gasteiger partial charge in [0.2, 0.25) is 5.90 Å². The van der Waals surface area contributed by atoms with Crippen LogP contribution in [0.25, 0.3) is 6.08 Å². The Morgan fingerprint density at radius 3 is 2.60 bits per heavy atom. The molecule has 0 aliphatic carbocycles. The van der Waals surface area contributed by atoms with Crippen LogP contribution in [-0.4, -0.2) is 16.8 Å². The third kappa shape index (κ3) is 3.87. The highest BCUT2D eigenvalue weighted by atomic mass is 16.6. The first-order chi connectivity index (χ1) is 12.0. The lowest BCUT2D eigenvalue weighted by Gasteiger charge is -1.99. The highest BCUT2D eigenvalue weighted by Gasteiger charge is 2.23. The summed E-state index contributed by atoms with van der Waals surface area (Å²) in [4.78, 5) is 26.3. The van der Waals surface area contributed by atoms with E-state index in [1.165, 1.54) is 12.1 Å². The second-order valence-corrected chi connectivity index (χ2v) is 5.44. The number of aliphatic imine (C=N–C) groups is 1. The Kier molecular flexibility index (Phi) is 4.52. The molecule has 0 saturated heterocycles. The van der Waals surface area contributed by atoms with E-state index in [0.717, 1.165) is 16.7 Å². The molecular formula is C19H14N2O4. The number of aryl methyl sites for hydroxylation is 1. The maximum absolute atomic E-state index is 11.9. The number of hydrogen-bond donors (Lipinski definition) is 0. The number of nitro benzene ring substituents is 1. The molecule has 124 valence electrons. The highest BCUT2D eigenvalue weighted by Crippen LogP contribution is 2.18. The van der Waals surface area contributed by atoms with Gasteiger partial charge in [-0.1, -0.05) is 29.8 Å². The molecule has 2 aromatic rings. The number of benzene rings is 2. The Morgan fingerprint density at radius 2 is 1.92 bits per heavy atom. The molecule has 2 aromatic carbocycles. The summed E-state index contributed by atoms with van der Waals surface area (Å²) in [5.41, 5.74) is 2.80. The molecule has 1 heterocycles. The standard InChI is InChI=1S/C19H14N2O4/c1-13-4-2-6-15(12-13)18-20-17(19(22)25-18)7-3-5-14-8-10-16(11-9-14)21(23)24/h2-12H,1H3. The van der Waals surface area contributed by atoms with E-state index in [2.05, 4.69) is 4.99 Å². The first kappa shape index (κ1) is 16.3. The Hall–Kier alpha value is -3.54. The molecule has 6 nitrogen and oxygen atoms in total. The molecule has 0 atom stereocenters. The lowest BCUT2D eigenvalue weighted by molar-refractivity contribution is -0.384. The minimum atomic E-state index is -0.509. The number of non-ortho nitro benzene ring substituents is 1. The molecule has 0 unspecified atom stereocenters. The van der Waals surface area contributed by atoms with Gasteiger partial charge in [0.1, 0.15) is 0 Å². The predicted molar refractivity (Wildman–Crippen MR) is 94.0 cm³/mol. The summed E-state index contributed by atoms with van der Waals surface area (Å²) in [6.07, 6.45) is 4.93. The topological polar surface area (TPSA) is 81.8 Å². The van der Waals surface area contributed by atoms with Crippen molar-refractivity contribution in [3.8, 4) is 0 Å². The van der Waals surface area contributed by atoms with Crippen LogP contribution in [0.2, 0.25) is 0 Å². The normalized spacial score (nSPS) is 15.5. The SMILES string of the molecule is Cc1cccc(C2=NC(=CC=Cc3ccc([N+](=O)[O-])cc3)C(=O)O2)c1. The molecular weight excluding hydrogens is 320 g/mol. The fourth-order valence-corrected chi connectivity index (χ4v) is 2.28. The number of ether oxygens (including phenoxy) is 1. The molecule has 0 amide bonds. The van der Waals surface area contributed by atoms with Crippen molar-refractivity contribution in [1.82, 2.24) is 0 Å². The van der Waals surface area contributed by atoms with E-state index in [1.807, 2.05) is 31.2 Å². The van der Waals surface area contributed by atoms with E-state index in [4.69, 9.17) is 4.74 Å². The van der Waals surface area contributed by atoms with Gasteiger partial charge in [-0.25, -0.2) is 9.79 Å². The van der Waals surface area contributed by atoms with Crippen LogP contribution in [0.1, 0.15) is 16.7 Å². The number of hydrogen-bond acceptors (Lipinski definition) is 5. The van der Waals surface area contributed by atoms with Crippen molar-refractivity contribution in [2.75, 3.05) is 0 Å². The third-order valence-corrected chi connectivity index (χ3v) is 3.53. The van der Waals surface area contributed by atoms with Crippen molar-refractivity contribution in [1.29, 1.82) is 0 Å². The number of rotatable bonds is 4. The van der Waals surface area contributed by atoms with Gasteiger partial charge in [0, 0.05) is 17.7 Å². The first-order valence-corrected chi connectivity index (χ1v) is 7.54. The van der Waals surface area contributed by atoms with E-state index in [1.54, 1.807) is 30.4 Å². The number of allylic oxidation sites excluding steroid dienone is 2. The van der Waals surface area contributed by atoms with Crippen molar-refractivity contribution in [3.63, 3.8) is 0 Å². The monoisotopic (exact) mass is 334 g/mol. The van der Waals surface area contributed by atoms with Crippen molar-refractivity contribution in [2.45, 2.75) is 6.92 Å². The largest absolute Gasteiger partial charge is 0.402 e. The second-order valence-electron chi connectivity index (χ2n) is 5.44. The third-order valence-electron chi connectivity index (χ3n) is 3.53. The minimum absolute atomic E-state index is 0.0299. The molecule has 1 aliphatic heterocycles. The van der Waals surface area contributed by atoms with Gasteiger partial charge in [-0.3, -0.25) is 10.1 Å². The molecule has 0 spiro atoms. The predicted octanol–water partition coefficient (Wildman–Crippen LogP) is 3.80. The van der Waals surface area contributed by atoms with Gasteiger partial charge >= 0.3 is 5.97 Å². The maximum Gasteiger partial charge on any atom is 0.363 e. The Balaban J connectivity index is 1.76. The average molecular weight is 334 g/mol. The second kappa shape index (κ2) is 6.92. The molecule has 6 heteroatoms. The summed E-state index contributed by atoms with van der Waals surface area (Å²) < 4.78 is 5.19. The summed E-state index contributed by atoms with van der Waals surface area (Å²) >= 11 is 0. The zero-order valence-electron chi connectivity index (χ0n) is 13.4. The van der Waals surface area contributed by atoms with Gasteiger partial charge in [-0.15, -0.1) is 0 Å². The number of carbonyl (C=O) groups excluding carboxylic acids is 1. The van der Waals surface area contributed by atoms with Gasteiger partial charge in [-0.2, -0.15) is 0 Å². The summed E-state index contributed by atoms with van der Waals surface area (Å²) in [7, 11) is 0. The highest BCUT2D eigenvalue weighted by molar-refractivity contribution is 6.11. The minimum Gasteiger partial charge on any atom is -0.402 e. The van der Waals surface area contributed by atoms with Crippen LogP contribution >= 0.6 is 0 Å². The molecule has 0 radical (unpaired) electrons. The number of cyclic esters (lactones) is 1. The van der Waals surface area contributed by atoms with Crippen LogP contribution in [0.4, 0.5) is 5.69 Å². The van der Waals surface area contributed by atoms with Gasteiger partial charge < -0.3 is 4.74 Å². The zero-order valence-corrected chi connectivity index (χ0v) is 13.4. The zero-order chi connectivity index (χ0) is 17.8. The van der Waals surface area contributed by atoms with E-state index in [-0.39, 0.29) is 17.3 Å². The number of nitrogens with zero attached hydrogens (tertiary/aromatic N) is 2. The Morgan fingerprint density at radius 1 is 1.16 bits per heavy atom.